The van der Waals surface area contributed by atoms with Crippen LogP contribution in [0.2, 0.25) is 0 Å². The summed E-state index contributed by atoms with van der Waals surface area (Å²) in [5.74, 6) is 4.96. The molecule has 1 unspecified atom stereocenters. The Morgan fingerprint density at radius 1 is 1.36 bits per heavy atom. The lowest BCUT2D eigenvalue weighted by Gasteiger charge is -2.30. The predicted molar refractivity (Wildman–Crippen MR) is 107 cm³/mol. The third-order valence-corrected chi connectivity index (χ3v) is 6.94. The van der Waals surface area contributed by atoms with Crippen molar-refractivity contribution in [2.24, 2.45) is 16.6 Å². The summed E-state index contributed by atoms with van der Waals surface area (Å²) >= 11 is 0. The molecule has 1 saturated heterocycles. The van der Waals surface area contributed by atoms with Crippen LogP contribution in [0.25, 0.3) is 4.91 Å². The van der Waals surface area contributed by atoms with Gasteiger partial charge in [-0.3, -0.25) is 4.79 Å². The number of rotatable bonds is 3. The van der Waals surface area contributed by atoms with Gasteiger partial charge in [-0.15, -0.1) is 10.5 Å². The first-order valence-electron chi connectivity index (χ1n) is 9.03. The second-order valence-corrected chi connectivity index (χ2v) is 8.92. The molecule has 5 heteroatoms. The highest BCUT2D eigenvalue weighted by Crippen LogP contribution is 2.50. The summed E-state index contributed by atoms with van der Waals surface area (Å²) in [7, 11) is -0.338. The Hall–Kier alpha value is -1.72. The second kappa shape index (κ2) is 6.54. The molecule has 0 aromatic heterocycles. The Balaban J connectivity index is 1.74. The van der Waals surface area contributed by atoms with Crippen LogP contribution in [0.4, 0.5) is 0 Å². The van der Waals surface area contributed by atoms with Gasteiger partial charge in [0.05, 0.1) is 5.04 Å². The molecule has 0 radical (unpaired) electrons. The zero-order valence-corrected chi connectivity index (χ0v) is 15.5. The van der Waals surface area contributed by atoms with Crippen molar-refractivity contribution in [3.8, 4) is 0 Å². The van der Waals surface area contributed by atoms with Crippen LogP contribution in [0.1, 0.15) is 36.8 Å². The van der Waals surface area contributed by atoms with E-state index >= 15 is 0 Å². The standard InChI is InChI=1S/C20H25N3OS/c1-13-5-3-6-15(11-13)18-17(22-19(25(18)2)14-8-9-14)20(24)23-10-4-7-16(21)12-23/h3,5-6,11,14,16H,2,4,7-10,12,21H2,1H3/t16-,25?/m1/s1. The number of hydrogen-bond acceptors (Lipinski definition) is 3. The summed E-state index contributed by atoms with van der Waals surface area (Å²) in [5.41, 5.74) is 8.97. The fraction of sp³-hybridized carbons (Fsp3) is 0.450. The first-order valence-corrected chi connectivity index (χ1v) is 10.4. The smallest absolute Gasteiger partial charge is 0.273 e. The maximum absolute atomic E-state index is 13.2. The molecule has 4 nitrogen and oxygen atoms in total. The van der Waals surface area contributed by atoms with Crippen LogP contribution in [0, 0.1) is 12.8 Å². The average molecular weight is 356 g/mol. The lowest BCUT2D eigenvalue weighted by molar-refractivity contribution is -0.128. The number of nitrogens with two attached hydrogens (primary N) is 1. The van der Waals surface area contributed by atoms with Gasteiger partial charge in [0.15, 0.2) is 0 Å². The third-order valence-electron chi connectivity index (χ3n) is 5.09. The molecule has 0 bridgehead atoms. The van der Waals surface area contributed by atoms with Gasteiger partial charge in [-0.25, -0.2) is 4.99 Å². The number of likely N-dealkylation sites (tertiary alicyclic amines) is 1. The molecule has 1 aliphatic carbocycles. The van der Waals surface area contributed by atoms with E-state index in [0.29, 0.717) is 18.2 Å². The molecule has 0 spiro atoms. The Kier molecular flexibility index (Phi) is 4.38. The Morgan fingerprint density at radius 3 is 2.84 bits per heavy atom. The van der Waals surface area contributed by atoms with Gasteiger partial charge >= 0.3 is 0 Å². The van der Waals surface area contributed by atoms with E-state index in [-0.39, 0.29) is 22.4 Å². The van der Waals surface area contributed by atoms with Gasteiger partial charge in [-0.1, -0.05) is 35.7 Å². The molecule has 1 amide bonds. The largest absolute Gasteiger partial charge is 0.336 e. The average Bonchev–Trinajstić information content (AvgIpc) is 3.37. The summed E-state index contributed by atoms with van der Waals surface area (Å²) in [5, 5.41) is 1.13. The van der Waals surface area contributed by atoms with Crippen molar-refractivity contribution in [2.45, 2.75) is 38.6 Å². The zero-order chi connectivity index (χ0) is 17.6. The van der Waals surface area contributed by atoms with Crippen molar-refractivity contribution in [1.29, 1.82) is 0 Å². The van der Waals surface area contributed by atoms with Gasteiger partial charge in [-0.05, 0) is 38.2 Å². The van der Waals surface area contributed by atoms with E-state index in [1.807, 2.05) is 11.0 Å². The molecule has 1 saturated carbocycles. The number of carbonyl (C=O) groups excluding carboxylic acids is 1. The van der Waals surface area contributed by atoms with Crippen LogP contribution in [-0.4, -0.2) is 40.9 Å². The fourth-order valence-electron chi connectivity index (χ4n) is 3.61. The third kappa shape index (κ3) is 3.23. The van der Waals surface area contributed by atoms with Gasteiger partial charge in [-0.2, -0.15) is 0 Å². The van der Waals surface area contributed by atoms with Gasteiger partial charge in [0.2, 0.25) is 0 Å². The van der Waals surface area contributed by atoms with Gasteiger partial charge in [0.25, 0.3) is 5.91 Å². The number of nitrogens with zero attached hydrogens (tertiary/aromatic N) is 2. The van der Waals surface area contributed by atoms with Crippen LogP contribution >= 0.6 is 10.5 Å². The molecule has 25 heavy (non-hydrogen) atoms. The van der Waals surface area contributed by atoms with E-state index in [4.69, 9.17) is 10.7 Å². The minimum absolute atomic E-state index is 0.0310. The lowest BCUT2D eigenvalue weighted by Crippen LogP contribution is -2.46. The number of benzene rings is 1. The van der Waals surface area contributed by atoms with Crippen molar-refractivity contribution in [3.05, 3.63) is 41.1 Å². The number of aliphatic imine (C=N–C) groups is 1. The quantitative estimate of drug-likeness (QED) is 0.847. The molecule has 2 aliphatic heterocycles. The van der Waals surface area contributed by atoms with Crippen molar-refractivity contribution in [2.75, 3.05) is 13.1 Å². The normalized spacial score (nSPS) is 26.8. The van der Waals surface area contributed by atoms with E-state index < -0.39 is 0 Å². The Morgan fingerprint density at radius 2 is 2.16 bits per heavy atom. The molecule has 2 atom stereocenters. The highest BCUT2D eigenvalue weighted by atomic mass is 32.2. The Labute approximate surface area is 151 Å². The van der Waals surface area contributed by atoms with E-state index in [2.05, 4.69) is 31.0 Å². The van der Waals surface area contributed by atoms with E-state index in [9.17, 15) is 4.79 Å². The molecule has 2 heterocycles. The molecular formula is C20H25N3OS. The predicted octanol–water partition coefficient (Wildman–Crippen LogP) is 3.14. The summed E-state index contributed by atoms with van der Waals surface area (Å²) in [6.07, 6.45) is 4.31. The Bertz CT molecular complexity index is 807. The number of carbonyl (C=O) groups is 1. The summed E-state index contributed by atoms with van der Waals surface area (Å²) in [4.78, 5) is 21.0. The molecule has 132 valence electrons. The van der Waals surface area contributed by atoms with Crippen molar-refractivity contribution >= 4 is 32.2 Å². The highest BCUT2D eigenvalue weighted by Gasteiger charge is 2.38. The SMILES string of the molecule is C=S1C(C2CC2)=NC(C(=O)N2CCC[C@@H](N)C2)=C1c1cccc(C)c1. The maximum atomic E-state index is 13.2. The van der Waals surface area contributed by atoms with Gasteiger partial charge in [0, 0.05) is 30.0 Å². The minimum Gasteiger partial charge on any atom is -0.336 e. The lowest BCUT2D eigenvalue weighted by atomic mass is 10.1. The summed E-state index contributed by atoms with van der Waals surface area (Å²) < 4.78 is 0. The zero-order valence-electron chi connectivity index (χ0n) is 14.7. The van der Waals surface area contributed by atoms with Crippen LogP contribution in [-0.2, 0) is 4.79 Å². The van der Waals surface area contributed by atoms with Crippen LogP contribution in [0.15, 0.2) is 35.0 Å². The van der Waals surface area contributed by atoms with Crippen LogP contribution in [0.3, 0.4) is 0 Å². The topological polar surface area (TPSA) is 58.7 Å². The molecule has 3 aliphatic rings. The maximum Gasteiger partial charge on any atom is 0.273 e. The summed E-state index contributed by atoms with van der Waals surface area (Å²) in [6.45, 7) is 3.48. The van der Waals surface area contributed by atoms with Gasteiger partial charge in [0.1, 0.15) is 5.70 Å². The van der Waals surface area contributed by atoms with Crippen molar-refractivity contribution in [1.82, 2.24) is 4.90 Å². The molecule has 1 aromatic rings. The summed E-state index contributed by atoms with van der Waals surface area (Å²) in [6, 6.07) is 8.42. The van der Waals surface area contributed by atoms with E-state index in [0.717, 1.165) is 34.9 Å². The van der Waals surface area contributed by atoms with Crippen LogP contribution < -0.4 is 5.73 Å². The van der Waals surface area contributed by atoms with Crippen molar-refractivity contribution in [3.63, 3.8) is 0 Å². The van der Waals surface area contributed by atoms with E-state index in [1.54, 1.807) is 0 Å². The van der Waals surface area contributed by atoms with Gasteiger partial charge < -0.3 is 10.6 Å². The molecule has 2 fully saturated rings. The molecular weight excluding hydrogens is 330 g/mol. The van der Waals surface area contributed by atoms with E-state index in [1.165, 1.54) is 18.4 Å². The number of piperidine rings is 1. The number of aryl methyl sites for hydroxylation is 1. The molecule has 1 aromatic carbocycles. The van der Waals surface area contributed by atoms with Crippen molar-refractivity contribution < 1.29 is 4.79 Å². The first-order chi connectivity index (χ1) is 12.0. The molecule has 4 rings (SSSR count). The second-order valence-electron chi connectivity index (χ2n) is 7.32. The monoisotopic (exact) mass is 355 g/mol. The molecule has 2 N–H and O–H groups in total. The number of hydrogen-bond donors (Lipinski definition) is 1. The first kappa shape index (κ1) is 16.7. The minimum atomic E-state index is -0.338. The fourth-order valence-corrected chi connectivity index (χ4v) is 5.44. The highest BCUT2D eigenvalue weighted by molar-refractivity contribution is 8.34. The van der Waals surface area contributed by atoms with Crippen LogP contribution in [0.5, 0.6) is 0 Å². The number of amides is 1.